The van der Waals surface area contributed by atoms with Crippen LogP contribution in [0.1, 0.15) is 37.9 Å². The van der Waals surface area contributed by atoms with E-state index in [0.717, 1.165) is 0 Å². The van der Waals surface area contributed by atoms with Crippen LogP contribution in [0.25, 0.3) is 0 Å². The topological polar surface area (TPSA) is 86.5 Å². The van der Waals surface area contributed by atoms with Gasteiger partial charge in [-0.2, -0.15) is 4.98 Å². The van der Waals surface area contributed by atoms with E-state index in [0.29, 0.717) is 35.3 Å². The van der Waals surface area contributed by atoms with Crippen LogP contribution in [-0.2, 0) is 11.2 Å². The van der Waals surface area contributed by atoms with E-state index in [2.05, 4.69) is 15.5 Å². The van der Waals surface area contributed by atoms with Gasteiger partial charge in [0.15, 0.2) is 17.3 Å². The molecule has 0 bridgehead atoms. The summed E-state index contributed by atoms with van der Waals surface area (Å²) in [7, 11) is 0. The van der Waals surface area contributed by atoms with E-state index in [1.54, 1.807) is 18.2 Å². The molecule has 1 aromatic heterocycles. The summed E-state index contributed by atoms with van der Waals surface area (Å²) in [5.41, 5.74) is 0.669. The molecular weight excluding hydrogens is 286 g/mol. The lowest BCUT2D eigenvalue weighted by Crippen LogP contribution is -2.12. The molecule has 7 heteroatoms. The highest BCUT2D eigenvalue weighted by Gasteiger charge is 2.15. The largest absolute Gasteiger partial charge is 0.454 e. The zero-order valence-electron chi connectivity index (χ0n) is 12.5. The van der Waals surface area contributed by atoms with Gasteiger partial charge in [-0.25, -0.2) is 0 Å². The molecule has 2 heterocycles. The number of carbonyl (C=O) groups is 1. The lowest BCUT2D eigenvalue weighted by molar-refractivity contribution is -0.116. The summed E-state index contributed by atoms with van der Waals surface area (Å²) in [6.07, 6.45) is 0.685. The fourth-order valence-corrected chi connectivity index (χ4v) is 2.02. The number of aryl methyl sites for hydroxylation is 1. The predicted molar refractivity (Wildman–Crippen MR) is 77.9 cm³/mol. The van der Waals surface area contributed by atoms with Gasteiger partial charge in [-0.3, -0.25) is 4.79 Å². The molecule has 116 valence electrons. The number of fused-ring (bicyclic) bond motifs is 1. The van der Waals surface area contributed by atoms with E-state index in [1.165, 1.54) is 0 Å². The maximum absolute atomic E-state index is 12.0. The number of amides is 1. The van der Waals surface area contributed by atoms with Crippen LogP contribution in [0.15, 0.2) is 22.7 Å². The molecule has 22 heavy (non-hydrogen) atoms. The Morgan fingerprint density at radius 2 is 2.14 bits per heavy atom. The molecule has 3 rings (SSSR count). The third-order valence-electron chi connectivity index (χ3n) is 3.22. The Morgan fingerprint density at radius 3 is 2.91 bits per heavy atom. The van der Waals surface area contributed by atoms with Crippen molar-refractivity contribution in [3.05, 3.63) is 29.9 Å². The van der Waals surface area contributed by atoms with Crippen LogP contribution < -0.4 is 14.8 Å². The van der Waals surface area contributed by atoms with Crippen LogP contribution >= 0.6 is 0 Å². The smallest absolute Gasteiger partial charge is 0.231 e. The van der Waals surface area contributed by atoms with E-state index in [9.17, 15) is 4.79 Å². The number of ether oxygens (including phenoxy) is 2. The Balaban J connectivity index is 1.54. The molecule has 7 nitrogen and oxygen atoms in total. The average Bonchev–Trinajstić information content (AvgIpc) is 3.13. The average molecular weight is 303 g/mol. The zero-order chi connectivity index (χ0) is 15.5. The van der Waals surface area contributed by atoms with Crippen molar-refractivity contribution in [2.75, 3.05) is 12.1 Å². The summed E-state index contributed by atoms with van der Waals surface area (Å²) in [6.45, 7) is 4.18. The lowest BCUT2D eigenvalue weighted by atomic mass is 10.2. The highest BCUT2D eigenvalue weighted by molar-refractivity contribution is 5.91. The first-order valence-electron chi connectivity index (χ1n) is 7.14. The van der Waals surface area contributed by atoms with Gasteiger partial charge in [0.25, 0.3) is 0 Å². The number of hydrogen-bond donors (Lipinski definition) is 1. The van der Waals surface area contributed by atoms with Gasteiger partial charge in [0, 0.05) is 30.5 Å². The summed E-state index contributed by atoms with van der Waals surface area (Å²) >= 11 is 0. The van der Waals surface area contributed by atoms with Crippen molar-refractivity contribution in [2.24, 2.45) is 0 Å². The molecule has 2 aromatic rings. The molecule has 0 fully saturated rings. The van der Waals surface area contributed by atoms with Gasteiger partial charge in [0.05, 0.1) is 0 Å². The molecular formula is C15H17N3O4. The summed E-state index contributed by atoms with van der Waals surface area (Å²) in [5, 5.41) is 6.68. The number of benzene rings is 1. The third kappa shape index (κ3) is 3.19. The van der Waals surface area contributed by atoms with Crippen molar-refractivity contribution in [3.8, 4) is 11.5 Å². The second-order valence-electron chi connectivity index (χ2n) is 5.32. The van der Waals surface area contributed by atoms with Crippen LogP contribution in [-0.4, -0.2) is 22.8 Å². The van der Waals surface area contributed by atoms with E-state index < -0.39 is 0 Å². The van der Waals surface area contributed by atoms with Gasteiger partial charge in [-0.1, -0.05) is 19.0 Å². The van der Waals surface area contributed by atoms with Crippen LogP contribution in [0.3, 0.4) is 0 Å². The van der Waals surface area contributed by atoms with Crippen molar-refractivity contribution in [2.45, 2.75) is 32.6 Å². The normalized spacial score (nSPS) is 12.7. The molecule has 0 unspecified atom stereocenters. The number of nitrogens with zero attached hydrogens (tertiary/aromatic N) is 2. The third-order valence-corrected chi connectivity index (χ3v) is 3.22. The first-order chi connectivity index (χ1) is 10.6. The molecule has 0 saturated heterocycles. The minimum atomic E-state index is -0.122. The van der Waals surface area contributed by atoms with Gasteiger partial charge >= 0.3 is 0 Å². The van der Waals surface area contributed by atoms with E-state index in [-0.39, 0.29) is 25.0 Å². The number of aromatic nitrogens is 2. The number of carbonyl (C=O) groups excluding carboxylic acids is 1. The highest BCUT2D eigenvalue weighted by Crippen LogP contribution is 2.34. The molecule has 1 amide bonds. The Labute approximate surface area is 127 Å². The Morgan fingerprint density at radius 1 is 1.32 bits per heavy atom. The van der Waals surface area contributed by atoms with Crippen LogP contribution in [0.2, 0.25) is 0 Å². The molecule has 0 spiro atoms. The van der Waals surface area contributed by atoms with Gasteiger partial charge in [-0.05, 0) is 12.1 Å². The van der Waals surface area contributed by atoms with Gasteiger partial charge in [-0.15, -0.1) is 0 Å². The quantitative estimate of drug-likeness (QED) is 0.913. The summed E-state index contributed by atoms with van der Waals surface area (Å²) < 4.78 is 15.6. The van der Waals surface area contributed by atoms with Crippen LogP contribution in [0, 0.1) is 0 Å². The van der Waals surface area contributed by atoms with E-state index in [4.69, 9.17) is 14.0 Å². The fraction of sp³-hybridized carbons (Fsp3) is 0.400. The van der Waals surface area contributed by atoms with Crippen molar-refractivity contribution < 1.29 is 18.8 Å². The Bertz CT molecular complexity index is 681. The summed E-state index contributed by atoms with van der Waals surface area (Å²) in [4.78, 5) is 16.2. The van der Waals surface area contributed by atoms with Crippen molar-refractivity contribution in [1.82, 2.24) is 10.1 Å². The van der Waals surface area contributed by atoms with E-state index >= 15 is 0 Å². The maximum Gasteiger partial charge on any atom is 0.231 e. The minimum absolute atomic E-state index is 0.122. The van der Waals surface area contributed by atoms with E-state index in [1.807, 2.05) is 13.8 Å². The predicted octanol–water partition coefficient (Wildman–Crippen LogP) is 2.49. The Hall–Kier alpha value is -2.57. The maximum atomic E-state index is 12.0. The molecule has 0 aliphatic carbocycles. The number of nitrogens with one attached hydrogen (secondary N) is 1. The Kier molecular flexibility index (Phi) is 3.95. The van der Waals surface area contributed by atoms with Crippen molar-refractivity contribution in [1.29, 1.82) is 0 Å². The number of rotatable bonds is 5. The molecule has 1 aliphatic rings. The van der Waals surface area contributed by atoms with Crippen molar-refractivity contribution in [3.63, 3.8) is 0 Å². The highest BCUT2D eigenvalue weighted by atomic mass is 16.7. The SMILES string of the molecule is CC(C)c1noc(CCC(=O)Nc2ccc3c(c2)OCO3)n1. The summed E-state index contributed by atoms with van der Waals surface area (Å²) in [6, 6.07) is 5.28. The number of anilines is 1. The summed E-state index contributed by atoms with van der Waals surface area (Å²) in [5.74, 6) is 2.54. The fourth-order valence-electron chi connectivity index (χ4n) is 2.02. The molecule has 1 aliphatic heterocycles. The molecule has 1 N–H and O–H groups in total. The molecule has 0 saturated carbocycles. The lowest BCUT2D eigenvalue weighted by Gasteiger charge is -2.05. The molecule has 0 atom stereocenters. The second-order valence-corrected chi connectivity index (χ2v) is 5.32. The molecule has 1 aromatic carbocycles. The van der Waals surface area contributed by atoms with Crippen molar-refractivity contribution >= 4 is 11.6 Å². The van der Waals surface area contributed by atoms with Gasteiger partial charge in [0.1, 0.15) is 0 Å². The number of hydrogen-bond acceptors (Lipinski definition) is 6. The van der Waals surface area contributed by atoms with Gasteiger partial charge in [0.2, 0.25) is 18.6 Å². The monoisotopic (exact) mass is 303 g/mol. The minimum Gasteiger partial charge on any atom is -0.454 e. The zero-order valence-corrected chi connectivity index (χ0v) is 12.5. The first-order valence-corrected chi connectivity index (χ1v) is 7.14. The van der Waals surface area contributed by atoms with Crippen LogP contribution in [0.5, 0.6) is 11.5 Å². The standard InChI is InChI=1S/C15H17N3O4/c1-9(2)15-17-14(22-18-15)6-5-13(19)16-10-3-4-11-12(7-10)21-8-20-11/h3-4,7,9H,5-6,8H2,1-2H3,(H,16,19). The first kappa shape index (κ1) is 14.4. The second kappa shape index (κ2) is 6.05. The molecule has 0 radical (unpaired) electrons. The van der Waals surface area contributed by atoms with Gasteiger partial charge < -0.3 is 19.3 Å². The van der Waals surface area contributed by atoms with Crippen LogP contribution in [0.4, 0.5) is 5.69 Å².